The molecule has 3 N–H and O–H groups in total. The van der Waals surface area contributed by atoms with Crippen molar-refractivity contribution in [3.05, 3.63) is 53.3 Å². The van der Waals surface area contributed by atoms with Crippen LogP contribution >= 0.6 is 11.8 Å². The first-order valence-corrected chi connectivity index (χ1v) is 6.36. The van der Waals surface area contributed by atoms with Crippen LogP contribution in [0.5, 0.6) is 0 Å². The topological polar surface area (TPSA) is 63.3 Å². The zero-order valence-corrected chi connectivity index (χ0v) is 11.0. The minimum Gasteiger partial charge on any atom is -0.478 e. The maximum atomic E-state index is 13.3. The van der Waals surface area contributed by atoms with Gasteiger partial charge in [0.2, 0.25) is 0 Å². The third-order valence-corrected chi connectivity index (χ3v) is 3.64. The maximum absolute atomic E-state index is 13.3. The number of aryl methyl sites for hydroxylation is 1. The van der Waals surface area contributed by atoms with E-state index in [4.69, 9.17) is 10.8 Å². The molecule has 5 heteroatoms. The van der Waals surface area contributed by atoms with Crippen molar-refractivity contribution in [1.82, 2.24) is 0 Å². The molecule has 0 bridgehead atoms. The minimum absolute atomic E-state index is 0.188. The van der Waals surface area contributed by atoms with Gasteiger partial charge in [-0.05, 0) is 31.2 Å². The van der Waals surface area contributed by atoms with Crippen LogP contribution in [0.2, 0.25) is 0 Å². The molecule has 0 amide bonds. The van der Waals surface area contributed by atoms with Crippen LogP contribution in [-0.4, -0.2) is 11.1 Å². The molecule has 0 aromatic heterocycles. The highest BCUT2D eigenvalue weighted by Gasteiger charge is 2.18. The number of aromatic carboxylic acids is 1. The quantitative estimate of drug-likeness (QED) is 0.842. The van der Waals surface area contributed by atoms with Crippen LogP contribution in [-0.2, 0) is 0 Å². The van der Waals surface area contributed by atoms with Crippen molar-refractivity contribution in [2.45, 2.75) is 16.7 Å². The summed E-state index contributed by atoms with van der Waals surface area (Å²) in [4.78, 5) is 12.5. The van der Waals surface area contributed by atoms with Crippen molar-refractivity contribution >= 4 is 23.4 Å². The summed E-state index contributed by atoms with van der Waals surface area (Å²) in [6, 6.07) is 10.2. The van der Waals surface area contributed by atoms with Crippen LogP contribution in [0.4, 0.5) is 10.1 Å². The average Bonchev–Trinajstić information content (AvgIpc) is 2.33. The number of anilines is 1. The van der Waals surface area contributed by atoms with Gasteiger partial charge in [-0.3, -0.25) is 0 Å². The van der Waals surface area contributed by atoms with E-state index in [0.29, 0.717) is 4.90 Å². The van der Waals surface area contributed by atoms with Crippen LogP contribution in [0.25, 0.3) is 0 Å². The van der Waals surface area contributed by atoms with Crippen LogP contribution in [0.15, 0.2) is 46.2 Å². The molecule has 0 atom stereocenters. The van der Waals surface area contributed by atoms with Gasteiger partial charge in [0.25, 0.3) is 0 Å². The van der Waals surface area contributed by atoms with E-state index in [-0.39, 0.29) is 11.3 Å². The SMILES string of the molecule is Cc1cccc(Sc2ccc(F)c(N)c2C(=O)O)c1. The number of rotatable bonds is 3. The van der Waals surface area contributed by atoms with Gasteiger partial charge in [0.1, 0.15) is 5.82 Å². The van der Waals surface area contributed by atoms with E-state index < -0.39 is 11.8 Å². The Labute approximate surface area is 114 Å². The number of halogens is 1. The molecule has 0 heterocycles. The Bertz CT molecular complexity index is 643. The first-order valence-electron chi connectivity index (χ1n) is 5.55. The van der Waals surface area contributed by atoms with Crippen molar-refractivity contribution < 1.29 is 14.3 Å². The molecular weight excluding hydrogens is 265 g/mol. The fourth-order valence-corrected chi connectivity index (χ4v) is 2.77. The smallest absolute Gasteiger partial charge is 0.339 e. The molecular formula is C14H12FNO2S. The first-order chi connectivity index (χ1) is 8.99. The third-order valence-electron chi connectivity index (χ3n) is 2.59. The number of hydrogen-bond acceptors (Lipinski definition) is 3. The number of benzene rings is 2. The summed E-state index contributed by atoms with van der Waals surface area (Å²) in [7, 11) is 0. The van der Waals surface area contributed by atoms with Crippen LogP contribution in [0.1, 0.15) is 15.9 Å². The van der Waals surface area contributed by atoms with Gasteiger partial charge in [0, 0.05) is 9.79 Å². The number of carboxylic acid groups (broad SMARTS) is 1. The van der Waals surface area contributed by atoms with E-state index in [1.165, 1.54) is 23.9 Å². The van der Waals surface area contributed by atoms with Gasteiger partial charge in [0.15, 0.2) is 0 Å². The Morgan fingerprint density at radius 1 is 1.32 bits per heavy atom. The molecule has 2 aromatic rings. The lowest BCUT2D eigenvalue weighted by molar-refractivity contribution is 0.0694. The highest BCUT2D eigenvalue weighted by molar-refractivity contribution is 7.99. The van der Waals surface area contributed by atoms with Crippen molar-refractivity contribution in [3.8, 4) is 0 Å². The average molecular weight is 277 g/mol. The predicted octanol–water partition coefficient (Wildman–Crippen LogP) is 3.57. The van der Waals surface area contributed by atoms with E-state index in [9.17, 15) is 9.18 Å². The Morgan fingerprint density at radius 3 is 2.68 bits per heavy atom. The van der Waals surface area contributed by atoms with Crippen molar-refractivity contribution in [2.24, 2.45) is 0 Å². The molecule has 19 heavy (non-hydrogen) atoms. The predicted molar refractivity (Wildman–Crippen MR) is 73.1 cm³/mol. The molecule has 3 nitrogen and oxygen atoms in total. The van der Waals surface area contributed by atoms with Gasteiger partial charge in [-0.1, -0.05) is 29.5 Å². The zero-order valence-electron chi connectivity index (χ0n) is 10.2. The van der Waals surface area contributed by atoms with Gasteiger partial charge in [-0.2, -0.15) is 0 Å². The highest BCUT2D eigenvalue weighted by Crippen LogP contribution is 2.34. The Morgan fingerprint density at radius 2 is 2.05 bits per heavy atom. The Kier molecular flexibility index (Phi) is 3.76. The molecule has 0 saturated heterocycles. The maximum Gasteiger partial charge on any atom is 0.339 e. The summed E-state index contributed by atoms with van der Waals surface area (Å²) in [5, 5.41) is 9.14. The molecule has 2 aromatic carbocycles. The summed E-state index contributed by atoms with van der Waals surface area (Å²) < 4.78 is 13.3. The van der Waals surface area contributed by atoms with Crippen LogP contribution in [0, 0.1) is 12.7 Å². The molecule has 0 saturated carbocycles. The van der Waals surface area contributed by atoms with Crippen molar-refractivity contribution in [3.63, 3.8) is 0 Å². The molecule has 0 radical (unpaired) electrons. The molecule has 0 aliphatic rings. The van der Waals surface area contributed by atoms with E-state index in [1.807, 2.05) is 31.2 Å². The van der Waals surface area contributed by atoms with Crippen LogP contribution < -0.4 is 5.73 Å². The number of nitrogens with two attached hydrogens (primary N) is 1. The number of nitrogen functional groups attached to an aromatic ring is 1. The fraction of sp³-hybridized carbons (Fsp3) is 0.0714. The summed E-state index contributed by atoms with van der Waals surface area (Å²) in [5.74, 6) is -1.95. The van der Waals surface area contributed by atoms with E-state index in [0.717, 1.165) is 10.5 Å². The zero-order chi connectivity index (χ0) is 14.0. The largest absolute Gasteiger partial charge is 0.478 e. The van der Waals surface area contributed by atoms with Gasteiger partial charge < -0.3 is 10.8 Å². The second-order valence-corrected chi connectivity index (χ2v) is 5.17. The summed E-state index contributed by atoms with van der Waals surface area (Å²) in [6.07, 6.45) is 0. The second kappa shape index (κ2) is 5.32. The lowest BCUT2D eigenvalue weighted by atomic mass is 10.2. The number of carboxylic acids is 1. The van der Waals surface area contributed by atoms with Gasteiger partial charge in [-0.15, -0.1) is 0 Å². The first kappa shape index (κ1) is 13.4. The summed E-state index contributed by atoms with van der Waals surface area (Å²) in [5.41, 5.74) is 6.05. The van der Waals surface area contributed by atoms with Crippen molar-refractivity contribution in [2.75, 3.05) is 5.73 Å². The van der Waals surface area contributed by atoms with Crippen LogP contribution in [0.3, 0.4) is 0 Å². The number of carbonyl (C=O) groups is 1. The highest BCUT2D eigenvalue weighted by atomic mass is 32.2. The lowest BCUT2D eigenvalue weighted by Crippen LogP contribution is -2.06. The second-order valence-electron chi connectivity index (χ2n) is 4.06. The van der Waals surface area contributed by atoms with E-state index in [1.54, 1.807) is 0 Å². The standard InChI is InChI=1S/C14H12FNO2S/c1-8-3-2-4-9(7-8)19-11-6-5-10(15)13(16)12(11)14(17)18/h2-7H,16H2,1H3,(H,17,18). The van der Waals surface area contributed by atoms with Gasteiger partial charge in [-0.25, -0.2) is 9.18 Å². The molecule has 0 spiro atoms. The lowest BCUT2D eigenvalue weighted by Gasteiger charge is -2.09. The Balaban J connectivity index is 2.46. The van der Waals surface area contributed by atoms with Gasteiger partial charge in [0.05, 0.1) is 11.3 Å². The number of hydrogen-bond donors (Lipinski definition) is 2. The van der Waals surface area contributed by atoms with Gasteiger partial charge >= 0.3 is 5.97 Å². The monoisotopic (exact) mass is 277 g/mol. The molecule has 2 rings (SSSR count). The third kappa shape index (κ3) is 2.88. The molecule has 0 aliphatic carbocycles. The van der Waals surface area contributed by atoms with E-state index >= 15 is 0 Å². The fourth-order valence-electron chi connectivity index (χ4n) is 1.69. The Hall–Kier alpha value is -2.01. The molecule has 0 fully saturated rings. The minimum atomic E-state index is -1.23. The normalized spacial score (nSPS) is 10.4. The molecule has 0 aliphatic heterocycles. The summed E-state index contributed by atoms with van der Waals surface area (Å²) >= 11 is 1.25. The summed E-state index contributed by atoms with van der Waals surface area (Å²) in [6.45, 7) is 1.95. The van der Waals surface area contributed by atoms with E-state index in [2.05, 4.69) is 0 Å². The molecule has 0 unspecified atom stereocenters. The van der Waals surface area contributed by atoms with Crippen molar-refractivity contribution in [1.29, 1.82) is 0 Å². The molecule has 98 valence electrons.